The van der Waals surface area contributed by atoms with E-state index in [2.05, 4.69) is 5.32 Å². The lowest BCUT2D eigenvalue weighted by atomic mass is 10.1. The lowest BCUT2D eigenvalue weighted by molar-refractivity contribution is 0.539. The van der Waals surface area contributed by atoms with E-state index in [4.69, 9.17) is 0 Å². The van der Waals surface area contributed by atoms with Gasteiger partial charge >= 0.3 is 0 Å². The van der Waals surface area contributed by atoms with Crippen molar-refractivity contribution in [2.24, 2.45) is 0 Å². The molecule has 1 aromatic carbocycles. The predicted molar refractivity (Wildman–Crippen MR) is 71.1 cm³/mol. The van der Waals surface area contributed by atoms with Crippen molar-refractivity contribution in [2.75, 3.05) is 7.05 Å². The summed E-state index contributed by atoms with van der Waals surface area (Å²) < 4.78 is 24.7. The summed E-state index contributed by atoms with van der Waals surface area (Å²) in [5.74, 6) is 0. The molecule has 96 valence electrons. The van der Waals surface area contributed by atoms with Crippen molar-refractivity contribution in [3.05, 3.63) is 29.3 Å². The molecule has 17 heavy (non-hydrogen) atoms. The van der Waals surface area contributed by atoms with Crippen LogP contribution in [0.3, 0.4) is 0 Å². The molecule has 0 radical (unpaired) electrons. The fourth-order valence-corrected chi connectivity index (χ4v) is 3.31. The molecule has 1 aromatic rings. The van der Waals surface area contributed by atoms with Gasteiger partial charge in [-0.1, -0.05) is 6.07 Å². The van der Waals surface area contributed by atoms with Gasteiger partial charge in [0.25, 0.3) is 0 Å². The summed E-state index contributed by atoms with van der Waals surface area (Å²) in [5.41, 5.74) is 2.12. The molecule has 3 nitrogen and oxygen atoms in total. The molecular weight excluding hydrogens is 234 g/mol. The number of hydrogen-bond acceptors (Lipinski definition) is 3. The summed E-state index contributed by atoms with van der Waals surface area (Å²) in [5, 5.41) is 2.55. The van der Waals surface area contributed by atoms with Gasteiger partial charge in [0.1, 0.15) is 0 Å². The highest BCUT2D eigenvalue weighted by molar-refractivity contribution is 7.92. The minimum Gasteiger partial charge on any atom is -0.316 e. The van der Waals surface area contributed by atoms with Crippen LogP contribution < -0.4 is 5.32 Å². The molecular formula is C13H21NO2S. The van der Waals surface area contributed by atoms with Gasteiger partial charge in [-0.3, -0.25) is 0 Å². The van der Waals surface area contributed by atoms with Crippen LogP contribution in [-0.4, -0.2) is 26.8 Å². The quantitative estimate of drug-likeness (QED) is 0.896. The van der Waals surface area contributed by atoms with E-state index < -0.39 is 15.1 Å². The molecule has 1 rings (SSSR count). The molecule has 1 N–H and O–H groups in total. The normalized spacial score (nSPS) is 15.6. The minimum atomic E-state index is -3.25. The smallest absolute Gasteiger partial charge is 0.182 e. The number of benzene rings is 1. The molecule has 2 unspecified atom stereocenters. The lowest BCUT2D eigenvalue weighted by Crippen LogP contribution is -2.38. The van der Waals surface area contributed by atoms with Crippen molar-refractivity contribution in [2.45, 2.75) is 43.9 Å². The van der Waals surface area contributed by atoms with E-state index in [0.717, 1.165) is 11.1 Å². The van der Waals surface area contributed by atoms with Crippen molar-refractivity contribution in [1.29, 1.82) is 0 Å². The first-order valence-electron chi connectivity index (χ1n) is 5.79. The molecule has 0 aliphatic heterocycles. The summed E-state index contributed by atoms with van der Waals surface area (Å²) >= 11 is 0. The Kier molecular flexibility index (Phi) is 4.33. The van der Waals surface area contributed by atoms with Gasteiger partial charge in [0, 0.05) is 6.04 Å². The molecule has 0 bridgehead atoms. The Bertz CT molecular complexity index is 494. The highest BCUT2D eigenvalue weighted by atomic mass is 32.2. The summed E-state index contributed by atoms with van der Waals surface area (Å²) in [6, 6.07) is 5.24. The summed E-state index contributed by atoms with van der Waals surface area (Å²) in [7, 11) is -1.48. The molecule has 0 aliphatic rings. The molecule has 0 saturated carbocycles. The summed E-state index contributed by atoms with van der Waals surface area (Å²) in [4.78, 5) is 0.412. The van der Waals surface area contributed by atoms with Crippen molar-refractivity contribution in [1.82, 2.24) is 5.32 Å². The van der Waals surface area contributed by atoms with Crippen molar-refractivity contribution in [3.63, 3.8) is 0 Å². The van der Waals surface area contributed by atoms with Crippen molar-refractivity contribution < 1.29 is 8.42 Å². The second-order valence-electron chi connectivity index (χ2n) is 4.57. The molecule has 4 heteroatoms. The zero-order valence-electron chi connectivity index (χ0n) is 11.1. The number of rotatable bonds is 4. The Balaban J connectivity index is 3.17. The maximum Gasteiger partial charge on any atom is 0.182 e. The third-order valence-corrected chi connectivity index (χ3v) is 5.75. The van der Waals surface area contributed by atoms with Crippen LogP contribution in [0.15, 0.2) is 23.1 Å². The van der Waals surface area contributed by atoms with Crippen LogP contribution in [0.4, 0.5) is 0 Å². The van der Waals surface area contributed by atoms with E-state index in [-0.39, 0.29) is 6.04 Å². The number of aryl methyl sites for hydroxylation is 2. The SMILES string of the molecule is CNC(C)C(C)S(=O)(=O)c1ccc(C)c(C)c1. The van der Waals surface area contributed by atoms with Crippen LogP contribution in [0, 0.1) is 13.8 Å². The second-order valence-corrected chi connectivity index (χ2v) is 6.88. The standard InChI is InChI=1S/C13H21NO2S/c1-9-6-7-13(8-10(9)2)17(15,16)12(4)11(3)14-5/h6-8,11-12,14H,1-5H3. The van der Waals surface area contributed by atoms with Gasteiger partial charge in [-0.15, -0.1) is 0 Å². The Morgan fingerprint density at radius 3 is 2.18 bits per heavy atom. The van der Waals surface area contributed by atoms with Gasteiger partial charge in [-0.2, -0.15) is 0 Å². The van der Waals surface area contributed by atoms with Crippen LogP contribution in [0.2, 0.25) is 0 Å². The third-order valence-electron chi connectivity index (χ3n) is 3.46. The Morgan fingerprint density at radius 2 is 1.71 bits per heavy atom. The molecule has 0 amide bonds. The Morgan fingerprint density at radius 1 is 1.12 bits per heavy atom. The fraction of sp³-hybridized carbons (Fsp3) is 0.538. The highest BCUT2D eigenvalue weighted by Crippen LogP contribution is 2.20. The van der Waals surface area contributed by atoms with Gasteiger partial charge < -0.3 is 5.32 Å². The van der Waals surface area contributed by atoms with Crippen LogP contribution in [-0.2, 0) is 9.84 Å². The monoisotopic (exact) mass is 255 g/mol. The fourth-order valence-electron chi connectivity index (χ4n) is 1.61. The van der Waals surface area contributed by atoms with E-state index in [9.17, 15) is 8.42 Å². The molecule has 0 aliphatic carbocycles. The van der Waals surface area contributed by atoms with E-state index in [0.29, 0.717) is 4.90 Å². The van der Waals surface area contributed by atoms with Crippen LogP contribution in [0.1, 0.15) is 25.0 Å². The maximum atomic E-state index is 12.4. The van der Waals surface area contributed by atoms with Gasteiger partial charge in [0.2, 0.25) is 0 Å². The van der Waals surface area contributed by atoms with Gasteiger partial charge in [0.05, 0.1) is 10.1 Å². The first-order chi connectivity index (χ1) is 7.80. The first kappa shape index (κ1) is 14.2. The zero-order chi connectivity index (χ0) is 13.2. The Labute approximate surface area is 104 Å². The molecule has 0 saturated heterocycles. The average Bonchev–Trinajstić information content (AvgIpc) is 2.30. The average molecular weight is 255 g/mol. The minimum absolute atomic E-state index is 0.0680. The summed E-state index contributed by atoms with van der Waals surface area (Å²) in [6.45, 7) is 7.53. The summed E-state index contributed by atoms with van der Waals surface area (Å²) in [6.07, 6.45) is 0. The van der Waals surface area contributed by atoms with Gasteiger partial charge in [-0.05, 0) is 58.0 Å². The number of sulfone groups is 1. The van der Waals surface area contributed by atoms with Crippen LogP contribution in [0.5, 0.6) is 0 Å². The van der Waals surface area contributed by atoms with Crippen LogP contribution in [0.25, 0.3) is 0 Å². The van der Waals surface area contributed by atoms with E-state index in [1.165, 1.54) is 0 Å². The topological polar surface area (TPSA) is 46.2 Å². The second kappa shape index (κ2) is 5.19. The largest absolute Gasteiger partial charge is 0.316 e. The highest BCUT2D eigenvalue weighted by Gasteiger charge is 2.27. The zero-order valence-corrected chi connectivity index (χ0v) is 11.9. The van der Waals surface area contributed by atoms with Gasteiger partial charge in [0.15, 0.2) is 9.84 Å². The van der Waals surface area contributed by atoms with E-state index >= 15 is 0 Å². The van der Waals surface area contributed by atoms with Crippen molar-refractivity contribution in [3.8, 4) is 0 Å². The molecule has 0 aromatic heterocycles. The lowest BCUT2D eigenvalue weighted by Gasteiger charge is -2.20. The molecule has 2 atom stereocenters. The Hall–Kier alpha value is -0.870. The third kappa shape index (κ3) is 2.87. The maximum absolute atomic E-state index is 12.4. The predicted octanol–water partition coefficient (Wildman–Crippen LogP) is 2.07. The van der Waals surface area contributed by atoms with Crippen LogP contribution >= 0.6 is 0 Å². The van der Waals surface area contributed by atoms with Crippen molar-refractivity contribution >= 4 is 9.84 Å². The first-order valence-corrected chi connectivity index (χ1v) is 7.33. The number of hydrogen-bond donors (Lipinski definition) is 1. The molecule has 0 fully saturated rings. The van der Waals surface area contributed by atoms with E-state index in [1.54, 1.807) is 26.1 Å². The number of nitrogens with one attached hydrogen (secondary N) is 1. The van der Waals surface area contributed by atoms with Gasteiger partial charge in [-0.25, -0.2) is 8.42 Å². The molecule has 0 heterocycles. The van der Waals surface area contributed by atoms with E-state index in [1.807, 2.05) is 26.8 Å². The molecule has 0 spiro atoms.